The molecule has 0 atom stereocenters. The number of likely N-dealkylation sites (N-methyl/N-ethyl adjacent to an activating group) is 1. The number of halogens is 1. The fourth-order valence-corrected chi connectivity index (χ4v) is 2.71. The second kappa shape index (κ2) is 6.94. The van der Waals surface area contributed by atoms with E-state index < -0.39 is 0 Å². The highest BCUT2D eigenvalue weighted by atomic mass is 35.5. The third-order valence-electron chi connectivity index (χ3n) is 3.83. The van der Waals surface area contributed by atoms with Gasteiger partial charge in [0.15, 0.2) is 11.6 Å². The monoisotopic (exact) mass is 330 g/mol. The van der Waals surface area contributed by atoms with Crippen LogP contribution in [0.25, 0.3) is 0 Å². The zero-order chi connectivity index (χ0) is 15.7. The molecule has 0 bridgehead atoms. The first-order valence-corrected chi connectivity index (χ1v) is 7.29. The molecule has 120 valence electrons. The summed E-state index contributed by atoms with van der Waals surface area (Å²) < 4.78 is 0. The number of hydrogen-bond acceptors (Lipinski definition) is 4. The van der Waals surface area contributed by atoms with Crippen LogP contribution in [0.4, 0.5) is 5.69 Å². The summed E-state index contributed by atoms with van der Waals surface area (Å²) in [5, 5.41) is 3.27. The Morgan fingerprint density at radius 1 is 0.870 bits per heavy atom. The van der Waals surface area contributed by atoms with Gasteiger partial charge in [0, 0.05) is 35.5 Å². The second-order valence-electron chi connectivity index (χ2n) is 5.66. The van der Waals surface area contributed by atoms with Crippen molar-refractivity contribution in [1.29, 1.82) is 0 Å². The van der Waals surface area contributed by atoms with Crippen molar-refractivity contribution in [3.63, 3.8) is 0 Å². The molecule has 0 spiro atoms. The summed E-state index contributed by atoms with van der Waals surface area (Å²) in [5.74, 6) is -0.167. The third-order valence-corrected chi connectivity index (χ3v) is 3.83. The van der Waals surface area contributed by atoms with E-state index in [4.69, 9.17) is 0 Å². The van der Waals surface area contributed by atoms with Crippen molar-refractivity contribution in [2.75, 3.05) is 32.5 Å². The largest absolute Gasteiger partial charge is 0.383 e. The SMILES string of the molecule is CN(C)CCNc1cccc2c1C(=O)c1ccccc1C2=O.Cl. The number of rotatable bonds is 4. The Hall–Kier alpha value is -2.17. The number of nitrogens with one attached hydrogen (secondary N) is 1. The van der Waals surface area contributed by atoms with Crippen LogP contribution in [0, 0.1) is 0 Å². The van der Waals surface area contributed by atoms with Gasteiger partial charge in [0.1, 0.15) is 0 Å². The van der Waals surface area contributed by atoms with Crippen molar-refractivity contribution in [1.82, 2.24) is 4.90 Å². The Kier molecular flexibility index (Phi) is 5.19. The minimum absolute atomic E-state index is 0. The maximum atomic E-state index is 12.8. The Labute approximate surface area is 141 Å². The molecule has 23 heavy (non-hydrogen) atoms. The molecule has 0 heterocycles. The predicted octanol–water partition coefficient (Wildman–Crippen LogP) is 2.86. The van der Waals surface area contributed by atoms with Crippen LogP contribution in [0.3, 0.4) is 0 Å². The van der Waals surface area contributed by atoms with E-state index in [-0.39, 0.29) is 24.0 Å². The van der Waals surface area contributed by atoms with Crippen molar-refractivity contribution in [2.24, 2.45) is 0 Å². The molecule has 0 aliphatic heterocycles. The van der Waals surface area contributed by atoms with Gasteiger partial charge in [-0.25, -0.2) is 0 Å². The Balaban J connectivity index is 0.00000192. The van der Waals surface area contributed by atoms with Gasteiger partial charge < -0.3 is 10.2 Å². The molecular weight excluding hydrogens is 312 g/mol. The van der Waals surface area contributed by atoms with Crippen LogP contribution in [0.2, 0.25) is 0 Å². The van der Waals surface area contributed by atoms with Gasteiger partial charge in [0.2, 0.25) is 0 Å². The number of benzene rings is 2. The number of carbonyl (C=O) groups excluding carboxylic acids is 2. The number of hydrogen-bond donors (Lipinski definition) is 1. The van der Waals surface area contributed by atoms with E-state index in [1.165, 1.54) is 0 Å². The van der Waals surface area contributed by atoms with E-state index >= 15 is 0 Å². The molecule has 0 saturated heterocycles. The van der Waals surface area contributed by atoms with Crippen LogP contribution in [0.1, 0.15) is 31.8 Å². The van der Waals surface area contributed by atoms with Crippen LogP contribution in [-0.4, -0.2) is 43.7 Å². The lowest BCUT2D eigenvalue weighted by Crippen LogP contribution is -2.25. The highest BCUT2D eigenvalue weighted by molar-refractivity contribution is 6.30. The summed E-state index contributed by atoms with van der Waals surface area (Å²) in [7, 11) is 3.99. The minimum atomic E-state index is -0.0850. The minimum Gasteiger partial charge on any atom is -0.383 e. The van der Waals surface area contributed by atoms with Crippen molar-refractivity contribution >= 4 is 29.7 Å². The lowest BCUT2D eigenvalue weighted by atomic mass is 9.83. The summed E-state index contributed by atoms with van der Waals surface area (Å²) in [6, 6.07) is 12.4. The lowest BCUT2D eigenvalue weighted by Gasteiger charge is -2.21. The maximum absolute atomic E-state index is 12.8. The van der Waals surface area contributed by atoms with E-state index in [1.807, 2.05) is 26.2 Å². The fourth-order valence-electron chi connectivity index (χ4n) is 2.71. The number of anilines is 1. The molecule has 4 nitrogen and oxygen atoms in total. The van der Waals surface area contributed by atoms with E-state index in [0.717, 1.165) is 12.2 Å². The summed E-state index contributed by atoms with van der Waals surface area (Å²) in [5.41, 5.74) is 2.68. The van der Waals surface area contributed by atoms with Crippen LogP contribution in [0.15, 0.2) is 42.5 Å². The van der Waals surface area contributed by atoms with Crippen LogP contribution in [0.5, 0.6) is 0 Å². The van der Waals surface area contributed by atoms with Gasteiger partial charge in [-0.2, -0.15) is 0 Å². The third kappa shape index (κ3) is 3.14. The molecule has 2 aromatic carbocycles. The van der Waals surface area contributed by atoms with Crippen molar-refractivity contribution < 1.29 is 9.59 Å². The molecule has 5 heteroatoms. The molecule has 2 aromatic rings. The van der Waals surface area contributed by atoms with Crippen LogP contribution >= 0.6 is 12.4 Å². The Morgan fingerprint density at radius 2 is 1.48 bits per heavy atom. The fraction of sp³-hybridized carbons (Fsp3) is 0.222. The quantitative estimate of drug-likeness (QED) is 0.799. The van der Waals surface area contributed by atoms with Gasteiger partial charge in [-0.15, -0.1) is 12.4 Å². The molecule has 1 aliphatic rings. The first kappa shape index (κ1) is 17.2. The highest BCUT2D eigenvalue weighted by Gasteiger charge is 2.31. The van der Waals surface area contributed by atoms with Gasteiger partial charge in [-0.1, -0.05) is 36.4 Å². The summed E-state index contributed by atoms with van der Waals surface area (Å²) in [4.78, 5) is 27.4. The molecule has 0 fully saturated rings. The van der Waals surface area contributed by atoms with Gasteiger partial charge in [0.25, 0.3) is 0 Å². The summed E-state index contributed by atoms with van der Waals surface area (Å²) in [6.45, 7) is 1.56. The maximum Gasteiger partial charge on any atom is 0.196 e. The average Bonchev–Trinajstić information content (AvgIpc) is 2.52. The average molecular weight is 331 g/mol. The molecular formula is C18H19ClN2O2. The van der Waals surface area contributed by atoms with Crippen molar-refractivity contribution in [3.05, 3.63) is 64.7 Å². The number of ketones is 2. The standard InChI is InChI=1S/C18H18N2O2.ClH/c1-20(2)11-10-19-15-9-5-8-14-16(15)18(22)13-7-4-3-6-12(13)17(14)21;/h3-9,19H,10-11H2,1-2H3;1H. The summed E-state index contributed by atoms with van der Waals surface area (Å²) in [6.07, 6.45) is 0. The molecule has 1 aliphatic carbocycles. The van der Waals surface area contributed by atoms with E-state index in [0.29, 0.717) is 28.8 Å². The number of nitrogens with zero attached hydrogens (tertiary/aromatic N) is 1. The van der Waals surface area contributed by atoms with Gasteiger partial charge in [-0.05, 0) is 20.2 Å². The first-order valence-electron chi connectivity index (χ1n) is 7.29. The van der Waals surface area contributed by atoms with Gasteiger partial charge in [0.05, 0.1) is 5.56 Å². The Bertz CT molecular complexity index is 756. The topological polar surface area (TPSA) is 49.4 Å². The number of fused-ring (bicyclic) bond motifs is 2. The highest BCUT2D eigenvalue weighted by Crippen LogP contribution is 2.31. The van der Waals surface area contributed by atoms with Gasteiger partial charge in [-0.3, -0.25) is 9.59 Å². The smallest absolute Gasteiger partial charge is 0.196 e. The first-order chi connectivity index (χ1) is 10.6. The normalized spacial score (nSPS) is 12.5. The predicted molar refractivity (Wildman–Crippen MR) is 94.0 cm³/mol. The van der Waals surface area contributed by atoms with Crippen LogP contribution < -0.4 is 5.32 Å². The van der Waals surface area contributed by atoms with Crippen molar-refractivity contribution in [2.45, 2.75) is 0 Å². The lowest BCUT2D eigenvalue weighted by molar-refractivity contribution is 0.0979. The number of carbonyl (C=O) groups is 2. The van der Waals surface area contributed by atoms with Crippen molar-refractivity contribution in [3.8, 4) is 0 Å². The van der Waals surface area contributed by atoms with Crippen LogP contribution in [-0.2, 0) is 0 Å². The molecule has 0 radical (unpaired) electrons. The molecule has 0 unspecified atom stereocenters. The van der Waals surface area contributed by atoms with Gasteiger partial charge >= 0.3 is 0 Å². The zero-order valence-electron chi connectivity index (χ0n) is 13.1. The van der Waals surface area contributed by atoms with E-state index in [9.17, 15) is 9.59 Å². The zero-order valence-corrected chi connectivity index (χ0v) is 13.9. The molecule has 1 N–H and O–H groups in total. The molecule has 3 rings (SSSR count). The second-order valence-corrected chi connectivity index (χ2v) is 5.66. The van der Waals surface area contributed by atoms with E-state index in [1.54, 1.807) is 30.3 Å². The Morgan fingerprint density at radius 3 is 2.13 bits per heavy atom. The molecule has 0 aromatic heterocycles. The van der Waals surface area contributed by atoms with E-state index in [2.05, 4.69) is 10.2 Å². The molecule has 0 saturated carbocycles. The summed E-state index contributed by atoms with van der Waals surface area (Å²) >= 11 is 0. The molecule has 0 amide bonds.